The van der Waals surface area contributed by atoms with Crippen molar-refractivity contribution in [1.82, 2.24) is 5.43 Å². The molecule has 0 unspecified atom stereocenters. The summed E-state index contributed by atoms with van der Waals surface area (Å²) in [7, 11) is 1.56. The predicted octanol–water partition coefficient (Wildman–Crippen LogP) is 2.00. The quantitative estimate of drug-likeness (QED) is 0.478. The summed E-state index contributed by atoms with van der Waals surface area (Å²) in [4.78, 5) is 21.8. The van der Waals surface area contributed by atoms with E-state index in [0.29, 0.717) is 11.3 Å². The third-order valence-electron chi connectivity index (χ3n) is 3.12. The van der Waals surface area contributed by atoms with E-state index in [9.17, 15) is 20.0 Å². The third kappa shape index (κ3) is 4.54. The second-order valence-electron chi connectivity index (χ2n) is 4.82. The average molecular weight is 329 g/mol. The zero-order valence-corrected chi connectivity index (χ0v) is 12.8. The van der Waals surface area contributed by atoms with E-state index in [1.54, 1.807) is 31.4 Å². The number of nitrogens with one attached hydrogen (secondary N) is 1. The van der Waals surface area contributed by atoms with Crippen molar-refractivity contribution < 1.29 is 19.6 Å². The van der Waals surface area contributed by atoms with Crippen molar-refractivity contribution in [2.45, 2.75) is 6.42 Å². The number of nitro benzene ring substituents is 1. The Hall–Kier alpha value is -3.42. The fourth-order valence-corrected chi connectivity index (χ4v) is 1.91. The van der Waals surface area contributed by atoms with Gasteiger partial charge in [-0.25, -0.2) is 5.43 Å². The Labute approximate surface area is 137 Å². The summed E-state index contributed by atoms with van der Waals surface area (Å²) < 4.78 is 5.03. The molecular formula is C16H15N3O5. The Morgan fingerprint density at radius 2 is 2.04 bits per heavy atom. The molecule has 8 heteroatoms. The SMILES string of the molecule is COc1ccc(CC(=O)N/N=C/c2ccc(O)c([N+](=O)[O-])c2)cc1. The number of aromatic hydroxyl groups is 1. The summed E-state index contributed by atoms with van der Waals surface area (Å²) >= 11 is 0. The van der Waals surface area contributed by atoms with E-state index >= 15 is 0 Å². The van der Waals surface area contributed by atoms with Crippen molar-refractivity contribution >= 4 is 17.8 Å². The number of methoxy groups -OCH3 is 1. The average Bonchev–Trinajstić information content (AvgIpc) is 2.57. The second-order valence-corrected chi connectivity index (χ2v) is 4.82. The molecule has 2 aromatic carbocycles. The largest absolute Gasteiger partial charge is 0.502 e. The van der Waals surface area contributed by atoms with Crippen LogP contribution in [0.2, 0.25) is 0 Å². The van der Waals surface area contributed by atoms with Crippen LogP contribution in [-0.4, -0.2) is 29.3 Å². The number of amides is 1. The molecule has 0 heterocycles. The van der Waals surface area contributed by atoms with Gasteiger partial charge in [0.05, 0.1) is 24.7 Å². The molecule has 0 bridgehead atoms. The van der Waals surface area contributed by atoms with Gasteiger partial charge < -0.3 is 9.84 Å². The monoisotopic (exact) mass is 329 g/mol. The van der Waals surface area contributed by atoms with Crippen LogP contribution >= 0.6 is 0 Å². The van der Waals surface area contributed by atoms with E-state index in [2.05, 4.69) is 10.5 Å². The Morgan fingerprint density at radius 3 is 2.67 bits per heavy atom. The van der Waals surface area contributed by atoms with E-state index in [0.717, 1.165) is 11.6 Å². The molecule has 0 aliphatic carbocycles. The lowest BCUT2D eigenvalue weighted by molar-refractivity contribution is -0.385. The maximum absolute atomic E-state index is 11.8. The molecule has 0 radical (unpaired) electrons. The summed E-state index contributed by atoms with van der Waals surface area (Å²) in [6.07, 6.45) is 1.40. The lowest BCUT2D eigenvalue weighted by Crippen LogP contribution is -2.19. The highest BCUT2D eigenvalue weighted by molar-refractivity contribution is 5.84. The Kier molecular flexibility index (Phi) is 5.45. The van der Waals surface area contributed by atoms with Gasteiger partial charge in [-0.2, -0.15) is 5.10 Å². The first kappa shape index (κ1) is 16.9. The van der Waals surface area contributed by atoms with E-state index < -0.39 is 16.4 Å². The molecule has 2 aromatic rings. The Balaban J connectivity index is 1.94. The van der Waals surface area contributed by atoms with Gasteiger partial charge in [-0.05, 0) is 29.8 Å². The van der Waals surface area contributed by atoms with Crippen LogP contribution in [0.25, 0.3) is 0 Å². The molecular weight excluding hydrogens is 314 g/mol. The van der Waals surface area contributed by atoms with Crippen LogP contribution in [0.3, 0.4) is 0 Å². The predicted molar refractivity (Wildman–Crippen MR) is 87.2 cm³/mol. The zero-order chi connectivity index (χ0) is 17.5. The minimum atomic E-state index is -0.699. The van der Waals surface area contributed by atoms with Crippen LogP contribution in [-0.2, 0) is 11.2 Å². The number of ether oxygens (including phenoxy) is 1. The van der Waals surface area contributed by atoms with E-state index in [1.165, 1.54) is 18.3 Å². The van der Waals surface area contributed by atoms with Crippen molar-refractivity contribution in [3.05, 3.63) is 63.7 Å². The number of phenols is 1. The number of benzene rings is 2. The van der Waals surface area contributed by atoms with Crippen LogP contribution < -0.4 is 10.2 Å². The minimum Gasteiger partial charge on any atom is -0.502 e. The number of hydrogen-bond donors (Lipinski definition) is 2. The minimum absolute atomic E-state index is 0.136. The molecule has 24 heavy (non-hydrogen) atoms. The molecule has 2 N–H and O–H groups in total. The molecule has 0 saturated heterocycles. The summed E-state index contributed by atoms with van der Waals surface area (Å²) in [5.41, 5.74) is 3.09. The van der Waals surface area contributed by atoms with Crippen molar-refractivity contribution in [3.8, 4) is 11.5 Å². The lowest BCUT2D eigenvalue weighted by atomic mass is 10.1. The van der Waals surface area contributed by atoms with Gasteiger partial charge in [0.15, 0.2) is 5.75 Å². The molecule has 0 spiro atoms. The zero-order valence-electron chi connectivity index (χ0n) is 12.8. The topological polar surface area (TPSA) is 114 Å². The number of rotatable bonds is 6. The molecule has 0 aromatic heterocycles. The summed E-state index contributed by atoms with van der Waals surface area (Å²) in [6.45, 7) is 0. The van der Waals surface area contributed by atoms with Gasteiger partial charge in [-0.3, -0.25) is 14.9 Å². The molecule has 0 saturated carbocycles. The number of phenolic OH excluding ortho intramolecular Hbond substituents is 1. The summed E-state index contributed by atoms with van der Waals surface area (Å²) in [5, 5.41) is 23.8. The normalized spacial score (nSPS) is 10.5. The number of hydrazone groups is 1. The van der Waals surface area contributed by atoms with Crippen molar-refractivity contribution in [2.75, 3.05) is 7.11 Å². The van der Waals surface area contributed by atoms with Gasteiger partial charge in [0.25, 0.3) is 0 Å². The fourth-order valence-electron chi connectivity index (χ4n) is 1.91. The molecule has 0 fully saturated rings. The molecule has 124 valence electrons. The van der Waals surface area contributed by atoms with Crippen LogP contribution in [0, 0.1) is 10.1 Å². The van der Waals surface area contributed by atoms with Gasteiger partial charge in [-0.15, -0.1) is 0 Å². The highest BCUT2D eigenvalue weighted by atomic mass is 16.6. The van der Waals surface area contributed by atoms with E-state index in [4.69, 9.17) is 4.74 Å². The van der Waals surface area contributed by atoms with Gasteiger partial charge in [0.2, 0.25) is 5.91 Å². The van der Waals surface area contributed by atoms with Gasteiger partial charge >= 0.3 is 5.69 Å². The number of hydrogen-bond acceptors (Lipinski definition) is 6. The molecule has 8 nitrogen and oxygen atoms in total. The van der Waals surface area contributed by atoms with E-state index in [-0.39, 0.29) is 12.3 Å². The van der Waals surface area contributed by atoms with Crippen molar-refractivity contribution in [1.29, 1.82) is 0 Å². The number of carbonyl (C=O) groups is 1. The van der Waals surface area contributed by atoms with Crippen LogP contribution in [0.4, 0.5) is 5.69 Å². The highest BCUT2D eigenvalue weighted by Crippen LogP contribution is 2.25. The Morgan fingerprint density at radius 1 is 1.33 bits per heavy atom. The Bertz CT molecular complexity index is 772. The molecule has 0 aliphatic heterocycles. The van der Waals surface area contributed by atoms with Crippen LogP contribution in [0.1, 0.15) is 11.1 Å². The first-order valence-corrected chi connectivity index (χ1v) is 6.92. The summed E-state index contributed by atoms with van der Waals surface area (Å²) in [6, 6.07) is 10.8. The van der Waals surface area contributed by atoms with Crippen molar-refractivity contribution in [3.63, 3.8) is 0 Å². The van der Waals surface area contributed by atoms with E-state index in [1.807, 2.05) is 0 Å². The van der Waals surface area contributed by atoms with Gasteiger partial charge in [0.1, 0.15) is 5.75 Å². The maximum Gasteiger partial charge on any atom is 0.311 e. The van der Waals surface area contributed by atoms with Crippen LogP contribution in [0.5, 0.6) is 11.5 Å². The van der Waals surface area contributed by atoms with Crippen molar-refractivity contribution in [2.24, 2.45) is 5.10 Å². The molecule has 2 rings (SSSR count). The molecule has 0 aliphatic rings. The lowest BCUT2D eigenvalue weighted by Gasteiger charge is -2.03. The first-order valence-electron chi connectivity index (χ1n) is 6.92. The van der Waals surface area contributed by atoms with Gasteiger partial charge in [-0.1, -0.05) is 12.1 Å². The molecule has 0 atom stereocenters. The fraction of sp³-hybridized carbons (Fsp3) is 0.125. The second kappa shape index (κ2) is 7.73. The number of carbonyl (C=O) groups excluding carboxylic acids is 1. The first-order chi connectivity index (χ1) is 11.5. The van der Waals surface area contributed by atoms with Crippen LogP contribution in [0.15, 0.2) is 47.6 Å². The number of nitrogens with zero attached hydrogens (tertiary/aromatic N) is 2. The number of nitro groups is 1. The highest BCUT2D eigenvalue weighted by Gasteiger charge is 2.12. The molecule has 1 amide bonds. The third-order valence-corrected chi connectivity index (χ3v) is 3.12. The summed E-state index contributed by atoms with van der Waals surface area (Å²) in [5.74, 6) is -0.0588. The van der Waals surface area contributed by atoms with Gasteiger partial charge in [0, 0.05) is 11.6 Å². The standard InChI is InChI=1S/C16H15N3O5/c1-24-13-5-2-11(3-6-13)9-16(21)18-17-10-12-4-7-15(20)14(8-12)19(22)23/h2-8,10,20H,9H2,1H3,(H,18,21)/b17-10+. The maximum atomic E-state index is 11.8. The smallest absolute Gasteiger partial charge is 0.311 e.